The lowest BCUT2D eigenvalue weighted by atomic mass is 9.95. The summed E-state index contributed by atoms with van der Waals surface area (Å²) >= 11 is 0. The number of hydrogen-bond donors (Lipinski definition) is 3. The van der Waals surface area contributed by atoms with E-state index in [9.17, 15) is 15.3 Å². The van der Waals surface area contributed by atoms with Crippen molar-refractivity contribution in [3.8, 4) is 56.6 Å². The average Bonchev–Trinajstić information content (AvgIpc) is 3.22. The normalized spacial score (nSPS) is 10.9. The SMILES string of the molecule is Oc1ccc(-c2nn(-c3ccccc3)c(-c3ccc(O)cc3)c2-c2ccc(O)cc2)cc1. The Balaban J connectivity index is 1.87. The van der Waals surface area contributed by atoms with Gasteiger partial charge in [0.15, 0.2) is 0 Å². The Hall–Kier alpha value is -4.51. The summed E-state index contributed by atoms with van der Waals surface area (Å²) in [6.45, 7) is 0. The summed E-state index contributed by atoms with van der Waals surface area (Å²) in [4.78, 5) is 0. The van der Waals surface area contributed by atoms with Gasteiger partial charge in [0.1, 0.15) is 22.9 Å². The Morgan fingerprint density at radius 2 is 0.969 bits per heavy atom. The molecule has 0 bridgehead atoms. The summed E-state index contributed by atoms with van der Waals surface area (Å²) in [5.41, 5.74) is 5.97. The molecule has 0 atom stereocenters. The molecule has 4 aromatic carbocycles. The number of hydrogen-bond acceptors (Lipinski definition) is 4. The van der Waals surface area contributed by atoms with Crippen molar-refractivity contribution >= 4 is 0 Å². The molecule has 1 aromatic heterocycles. The van der Waals surface area contributed by atoms with Gasteiger partial charge in [-0.15, -0.1) is 0 Å². The second-order valence-electron chi connectivity index (χ2n) is 7.46. The zero-order valence-corrected chi connectivity index (χ0v) is 17.1. The molecule has 3 N–H and O–H groups in total. The molecular formula is C27H20N2O3. The standard InChI is InChI=1S/C27H20N2O3/c30-22-12-6-18(7-13-22)25-26(19-8-14-23(31)15-9-19)28-29(21-4-2-1-3-5-21)27(25)20-10-16-24(32)17-11-20/h1-17,30-32H. The zero-order chi connectivity index (χ0) is 22.1. The van der Waals surface area contributed by atoms with Crippen LogP contribution in [-0.2, 0) is 0 Å². The Labute approximate surface area is 185 Å². The van der Waals surface area contributed by atoms with Crippen LogP contribution in [0.4, 0.5) is 0 Å². The van der Waals surface area contributed by atoms with Crippen molar-refractivity contribution in [3.05, 3.63) is 103 Å². The molecule has 0 aliphatic carbocycles. The molecule has 1 heterocycles. The molecule has 0 saturated carbocycles. The Morgan fingerprint density at radius 3 is 1.50 bits per heavy atom. The first-order valence-electron chi connectivity index (χ1n) is 10.2. The fourth-order valence-corrected chi connectivity index (χ4v) is 3.78. The molecule has 156 valence electrons. The van der Waals surface area contributed by atoms with Gasteiger partial charge in [0.2, 0.25) is 0 Å². The fourth-order valence-electron chi connectivity index (χ4n) is 3.78. The topological polar surface area (TPSA) is 78.5 Å². The second-order valence-corrected chi connectivity index (χ2v) is 7.46. The molecule has 32 heavy (non-hydrogen) atoms. The van der Waals surface area contributed by atoms with Crippen molar-refractivity contribution in [2.24, 2.45) is 0 Å². The number of benzene rings is 4. The Bertz CT molecular complexity index is 1360. The highest BCUT2D eigenvalue weighted by molar-refractivity contribution is 5.92. The van der Waals surface area contributed by atoms with Crippen molar-refractivity contribution < 1.29 is 15.3 Å². The van der Waals surface area contributed by atoms with Crippen molar-refractivity contribution in [1.82, 2.24) is 9.78 Å². The van der Waals surface area contributed by atoms with Crippen LogP contribution >= 0.6 is 0 Å². The van der Waals surface area contributed by atoms with Crippen molar-refractivity contribution in [2.45, 2.75) is 0 Å². The van der Waals surface area contributed by atoms with E-state index in [1.165, 1.54) is 0 Å². The number of aromatic nitrogens is 2. The van der Waals surface area contributed by atoms with E-state index in [-0.39, 0.29) is 17.2 Å². The van der Waals surface area contributed by atoms with Gasteiger partial charge in [0.05, 0.1) is 11.4 Å². The van der Waals surface area contributed by atoms with Gasteiger partial charge in [-0.1, -0.05) is 30.3 Å². The van der Waals surface area contributed by atoms with Gasteiger partial charge < -0.3 is 15.3 Å². The van der Waals surface area contributed by atoms with Gasteiger partial charge in [-0.2, -0.15) is 5.10 Å². The molecule has 5 nitrogen and oxygen atoms in total. The summed E-state index contributed by atoms with van der Waals surface area (Å²) in [6, 6.07) is 30.8. The number of aromatic hydroxyl groups is 3. The smallest absolute Gasteiger partial charge is 0.115 e. The minimum Gasteiger partial charge on any atom is -0.508 e. The molecule has 0 unspecified atom stereocenters. The van der Waals surface area contributed by atoms with Gasteiger partial charge in [0.25, 0.3) is 0 Å². The van der Waals surface area contributed by atoms with E-state index in [2.05, 4.69) is 0 Å². The van der Waals surface area contributed by atoms with Gasteiger partial charge in [-0.3, -0.25) is 0 Å². The summed E-state index contributed by atoms with van der Waals surface area (Å²) in [7, 11) is 0. The number of nitrogens with zero attached hydrogens (tertiary/aromatic N) is 2. The monoisotopic (exact) mass is 420 g/mol. The van der Waals surface area contributed by atoms with Crippen molar-refractivity contribution in [2.75, 3.05) is 0 Å². The lowest BCUT2D eigenvalue weighted by molar-refractivity contribution is 0.475. The molecule has 0 aliphatic heterocycles. The molecule has 0 spiro atoms. The number of phenols is 3. The maximum Gasteiger partial charge on any atom is 0.115 e. The first kappa shape index (κ1) is 19.5. The average molecular weight is 420 g/mol. The zero-order valence-electron chi connectivity index (χ0n) is 17.1. The van der Waals surface area contributed by atoms with Crippen LogP contribution in [0.25, 0.3) is 39.3 Å². The van der Waals surface area contributed by atoms with E-state index in [0.29, 0.717) is 0 Å². The number of para-hydroxylation sites is 1. The third-order valence-electron chi connectivity index (χ3n) is 5.32. The minimum atomic E-state index is 0.182. The highest BCUT2D eigenvalue weighted by atomic mass is 16.3. The molecule has 0 saturated heterocycles. The van der Waals surface area contributed by atoms with Crippen LogP contribution in [0.5, 0.6) is 17.2 Å². The van der Waals surface area contributed by atoms with Crippen molar-refractivity contribution in [3.63, 3.8) is 0 Å². The van der Waals surface area contributed by atoms with E-state index in [1.807, 2.05) is 71.4 Å². The van der Waals surface area contributed by atoms with Gasteiger partial charge >= 0.3 is 0 Å². The molecule has 5 rings (SSSR count). The highest BCUT2D eigenvalue weighted by Gasteiger charge is 2.23. The van der Waals surface area contributed by atoms with E-state index >= 15 is 0 Å². The molecule has 0 fully saturated rings. The van der Waals surface area contributed by atoms with Crippen LogP contribution in [-0.4, -0.2) is 25.1 Å². The first-order valence-corrected chi connectivity index (χ1v) is 10.2. The molecule has 0 aliphatic rings. The summed E-state index contributed by atoms with van der Waals surface area (Å²) in [5.74, 6) is 0.548. The van der Waals surface area contributed by atoms with E-state index in [1.54, 1.807) is 36.4 Å². The quantitative estimate of drug-likeness (QED) is 0.334. The third kappa shape index (κ3) is 3.56. The van der Waals surface area contributed by atoms with Gasteiger partial charge in [-0.05, 0) is 78.4 Å². The van der Waals surface area contributed by atoms with E-state index < -0.39 is 0 Å². The maximum absolute atomic E-state index is 9.84. The van der Waals surface area contributed by atoms with Crippen LogP contribution in [0, 0.1) is 0 Å². The summed E-state index contributed by atoms with van der Waals surface area (Å²) < 4.78 is 1.89. The molecule has 5 heteroatoms. The predicted molar refractivity (Wildman–Crippen MR) is 125 cm³/mol. The highest BCUT2D eigenvalue weighted by Crippen LogP contribution is 2.42. The summed E-state index contributed by atoms with van der Waals surface area (Å²) in [5, 5.41) is 34.5. The lowest BCUT2D eigenvalue weighted by Gasteiger charge is -2.11. The largest absolute Gasteiger partial charge is 0.508 e. The van der Waals surface area contributed by atoms with Crippen LogP contribution in [0.3, 0.4) is 0 Å². The molecular weight excluding hydrogens is 400 g/mol. The summed E-state index contributed by atoms with van der Waals surface area (Å²) in [6.07, 6.45) is 0. The van der Waals surface area contributed by atoms with Crippen molar-refractivity contribution in [1.29, 1.82) is 0 Å². The fraction of sp³-hybridized carbons (Fsp3) is 0. The number of rotatable bonds is 4. The van der Waals surface area contributed by atoms with Gasteiger partial charge in [0, 0.05) is 16.7 Å². The maximum atomic E-state index is 9.84. The van der Waals surface area contributed by atoms with Crippen LogP contribution in [0.15, 0.2) is 103 Å². The Kier molecular flexibility index (Phi) is 4.84. The Morgan fingerprint density at radius 1 is 0.500 bits per heavy atom. The minimum absolute atomic E-state index is 0.182. The second kappa shape index (κ2) is 7.96. The van der Waals surface area contributed by atoms with E-state index in [4.69, 9.17) is 5.10 Å². The molecule has 5 aromatic rings. The van der Waals surface area contributed by atoms with Gasteiger partial charge in [-0.25, -0.2) is 4.68 Å². The number of phenolic OH excluding ortho intramolecular Hbond substituents is 3. The third-order valence-corrected chi connectivity index (χ3v) is 5.32. The first-order chi connectivity index (χ1) is 15.6. The predicted octanol–water partition coefficient (Wildman–Crippen LogP) is 5.99. The van der Waals surface area contributed by atoms with Crippen LogP contribution < -0.4 is 0 Å². The van der Waals surface area contributed by atoms with Crippen LogP contribution in [0.2, 0.25) is 0 Å². The lowest BCUT2D eigenvalue weighted by Crippen LogP contribution is -1.99. The van der Waals surface area contributed by atoms with E-state index in [0.717, 1.165) is 39.3 Å². The molecule has 0 amide bonds. The van der Waals surface area contributed by atoms with Crippen LogP contribution in [0.1, 0.15) is 0 Å². The molecule has 0 radical (unpaired) electrons.